The van der Waals surface area contributed by atoms with E-state index in [0.717, 1.165) is 31.0 Å². The molecule has 0 saturated carbocycles. The fourth-order valence-corrected chi connectivity index (χ4v) is 3.35. The van der Waals surface area contributed by atoms with Crippen molar-refractivity contribution in [3.8, 4) is 11.5 Å². The third kappa shape index (κ3) is 8.61. The van der Waals surface area contributed by atoms with Crippen molar-refractivity contribution in [2.24, 2.45) is 5.10 Å². The largest absolute Gasteiger partial charge is 0.493 e. The molecule has 0 aliphatic heterocycles. The number of alkyl halides is 3. The summed E-state index contributed by atoms with van der Waals surface area (Å²) in [6, 6.07) is 7.33. The van der Waals surface area contributed by atoms with E-state index in [1.165, 1.54) is 45.1 Å². The van der Waals surface area contributed by atoms with Crippen LogP contribution in [0.3, 0.4) is 0 Å². The molecule has 0 aromatic heterocycles. The molecule has 5 nitrogen and oxygen atoms in total. The SMILES string of the molecule is CCCCCCCCOc1c(Cl)cc(C=NNC(=O)c2cccc(C(F)(F)F)c2)cc1OC. The van der Waals surface area contributed by atoms with E-state index in [0.29, 0.717) is 28.7 Å². The van der Waals surface area contributed by atoms with Gasteiger partial charge in [-0.25, -0.2) is 5.43 Å². The molecule has 1 amide bonds. The van der Waals surface area contributed by atoms with E-state index in [1.54, 1.807) is 12.1 Å². The van der Waals surface area contributed by atoms with Gasteiger partial charge in [0.15, 0.2) is 11.5 Å². The molecule has 0 fully saturated rings. The molecule has 2 aromatic rings. The van der Waals surface area contributed by atoms with Crippen molar-refractivity contribution in [3.63, 3.8) is 0 Å². The summed E-state index contributed by atoms with van der Waals surface area (Å²) < 4.78 is 49.6. The number of hydrogen-bond acceptors (Lipinski definition) is 4. The number of amides is 1. The summed E-state index contributed by atoms with van der Waals surface area (Å²) in [5.41, 5.74) is 1.66. The van der Waals surface area contributed by atoms with Crippen molar-refractivity contribution in [1.82, 2.24) is 5.43 Å². The van der Waals surface area contributed by atoms with Crippen molar-refractivity contribution in [2.75, 3.05) is 13.7 Å². The summed E-state index contributed by atoms with van der Waals surface area (Å²) in [4.78, 5) is 12.1. The van der Waals surface area contributed by atoms with Crippen molar-refractivity contribution >= 4 is 23.7 Å². The Balaban J connectivity index is 1.96. The molecule has 0 saturated heterocycles. The minimum absolute atomic E-state index is 0.156. The number of unbranched alkanes of at least 4 members (excludes halogenated alkanes) is 5. The molecule has 0 radical (unpaired) electrons. The molecule has 0 unspecified atom stereocenters. The molecular formula is C24H28ClF3N2O3. The predicted octanol–water partition coefficient (Wildman–Crippen LogP) is 6.87. The molecule has 2 rings (SSSR count). The lowest BCUT2D eigenvalue weighted by atomic mass is 10.1. The van der Waals surface area contributed by atoms with Crippen LogP contribution >= 0.6 is 11.6 Å². The monoisotopic (exact) mass is 484 g/mol. The molecule has 2 aromatic carbocycles. The highest BCUT2D eigenvalue weighted by molar-refractivity contribution is 6.32. The van der Waals surface area contributed by atoms with Gasteiger partial charge in [-0.05, 0) is 42.3 Å². The summed E-state index contributed by atoms with van der Waals surface area (Å²) in [5.74, 6) is 0.0753. The Morgan fingerprint density at radius 3 is 2.55 bits per heavy atom. The van der Waals surface area contributed by atoms with Gasteiger partial charge in [-0.2, -0.15) is 18.3 Å². The second-order valence-corrected chi connectivity index (χ2v) is 7.84. The Kier molecular flexibility index (Phi) is 10.5. The Hall–Kier alpha value is -2.74. The van der Waals surface area contributed by atoms with E-state index in [1.807, 2.05) is 0 Å². The predicted molar refractivity (Wildman–Crippen MR) is 123 cm³/mol. The van der Waals surface area contributed by atoms with Crippen LogP contribution in [0.5, 0.6) is 11.5 Å². The average Bonchev–Trinajstić information content (AvgIpc) is 2.78. The van der Waals surface area contributed by atoms with Gasteiger partial charge in [0.25, 0.3) is 5.91 Å². The van der Waals surface area contributed by atoms with Gasteiger partial charge >= 0.3 is 6.18 Å². The fourth-order valence-electron chi connectivity index (χ4n) is 3.08. The Labute approximate surface area is 196 Å². The number of nitrogens with one attached hydrogen (secondary N) is 1. The lowest BCUT2D eigenvalue weighted by Gasteiger charge is -2.13. The first-order valence-electron chi connectivity index (χ1n) is 10.8. The molecule has 0 aliphatic rings. The highest BCUT2D eigenvalue weighted by Crippen LogP contribution is 2.36. The quantitative estimate of drug-likeness (QED) is 0.203. The van der Waals surface area contributed by atoms with E-state index < -0.39 is 17.6 Å². The molecule has 0 atom stereocenters. The number of benzene rings is 2. The topological polar surface area (TPSA) is 59.9 Å². The van der Waals surface area contributed by atoms with Crippen LogP contribution in [0.4, 0.5) is 13.2 Å². The summed E-state index contributed by atoms with van der Waals surface area (Å²) in [7, 11) is 1.49. The Morgan fingerprint density at radius 1 is 1.12 bits per heavy atom. The molecule has 0 spiro atoms. The third-order valence-corrected chi connectivity index (χ3v) is 5.11. The maximum Gasteiger partial charge on any atom is 0.416 e. The maximum atomic E-state index is 12.8. The standard InChI is InChI=1S/C24H28ClF3N2O3/c1-3-4-5-6-7-8-12-33-22-20(25)13-17(14-21(22)32-2)16-29-30-23(31)18-10-9-11-19(15-18)24(26,27)28/h9-11,13-16H,3-8,12H2,1-2H3,(H,30,31). The number of carbonyl (C=O) groups is 1. The first-order valence-corrected chi connectivity index (χ1v) is 11.1. The van der Waals surface area contributed by atoms with E-state index in [4.69, 9.17) is 21.1 Å². The maximum absolute atomic E-state index is 12.8. The van der Waals surface area contributed by atoms with Gasteiger partial charge in [-0.15, -0.1) is 0 Å². The van der Waals surface area contributed by atoms with Crippen LogP contribution in [0, 0.1) is 0 Å². The molecule has 180 valence electrons. The minimum Gasteiger partial charge on any atom is -0.493 e. The van der Waals surface area contributed by atoms with Crippen molar-refractivity contribution in [1.29, 1.82) is 0 Å². The Bertz CT molecular complexity index is 949. The number of hydrazone groups is 1. The number of rotatable bonds is 12. The van der Waals surface area contributed by atoms with Crippen LogP contribution in [-0.2, 0) is 6.18 Å². The zero-order valence-electron chi connectivity index (χ0n) is 18.7. The van der Waals surface area contributed by atoms with Crippen LogP contribution in [0.1, 0.15) is 66.9 Å². The average molecular weight is 485 g/mol. The van der Waals surface area contributed by atoms with Crippen molar-refractivity contribution in [3.05, 3.63) is 58.1 Å². The van der Waals surface area contributed by atoms with Crippen LogP contribution in [0.15, 0.2) is 41.5 Å². The van der Waals surface area contributed by atoms with E-state index in [-0.39, 0.29) is 5.56 Å². The summed E-state index contributed by atoms with van der Waals surface area (Å²) in [6.07, 6.45) is 3.60. The van der Waals surface area contributed by atoms with Crippen LogP contribution < -0.4 is 14.9 Å². The minimum atomic E-state index is -4.54. The van der Waals surface area contributed by atoms with Crippen LogP contribution in [-0.4, -0.2) is 25.8 Å². The normalized spacial score (nSPS) is 11.6. The summed E-state index contributed by atoms with van der Waals surface area (Å²) >= 11 is 6.33. The number of hydrogen-bond donors (Lipinski definition) is 1. The van der Waals surface area contributed by atoms with Gasteiger partial charge in [0, 0.05) is 5.56 Å². The van der Waals surface area contributed by atoms with Gasteiger partial charge in [0.1, 0.15) is 0 Å². The highest BCUT2D eigenvalue weighted by Gasteiger charge is 2.30. The summed E-state index contributed by atoms with van der Waals surface area (Å²) in [5, 5.41) is 4.13. The molecule has 0 bridgehead atoms. The molecule has 0 aliphatic carbocycles. The van der Waals surface area contributed by atoms with Gasteiger partial charge in [0.2, 0.25) is 0 Å². The fraction of sp³-hybridized carbons (Fsp3) is 0.417. The second-order valence-electron chi connectivity index (χ2n) is 7.43. The van der Waals surface area contributed by atoms with Gasteiger partial charge in [0.05, 0.1) is 30.5 Å². The number of halogens is 4. The van der Waals surface area contributed by atoms with E-state index in [2.05, 4.69) is 17.5 Å². The van der Waals surface area contributed by atoms with Crippen LogP contribution in [0.2, 0.25) is 5.02 Å². The summed E-state index contributed by atoms with van der Waals surface area (Å²) in [6.45, 7) is 2.69. The zero-order valence-corrected chi connectivity index (χ0v) is 19.4. The van der Waals surface area contributed by atoms with Gasteiger partial charge < -0.3 is 9.47 Å². The zero-order chi connectivity index (χ0) is 24.3. The van der Waals surface area contributed by atoms with Gasteiger partial charge in [-0.1, -0.05) is 56.7 Å². The molecule has 0 heterocycles. The number of carbonyl (C=O) groups excluding carboxylic acids is 1. The van der Waals surface area contributed by atoms with E-state index in [9.17, 15) is 18.0 Å². The van der Waals surface area contributed by atoms with Crippen molar-refractivity contribution in [2.45, 2.75) is 51.6 Å². The number of ether oxygens (including phenoxy) is 2. The highest BCUT2D eigenvalue weighted by atomic mass is 35.5. The van der Waals surface area contributed by atoms with Crippen molar-refractivity contribution < 1.29 is 27.4 Å². The first-order chi connectivity index (χ1) is 15.8. The molecular weight excluding hydrogens is 457 g/mol. The first kappa shape index (κ1) is 26.5. The smallest absolute Gasteiger partial charge is 0.416 e. The molecule has 9 heteroatoms. The Morgan fingerprint density at radius 2 is 1.85 bits per heavy atom. The lowest BCUT2D eigenvalue weighted by Crippen LogP contribution is -2.18. The third-order valence-electron chi connectivity index (χ3n) is 4.83. The molecule has 1 N–H and O–H groups in total. The van der Waals surface area contributed by atoms with Gasteiger partial charge in [-0.3, -0.25) is 4.79 Å². The number of nitrogens with zero attached hydrogens (tertiary/aromatic N) is 1. The second kappa shape index (κ2) is 13.1. The molecule has 33 heavy (non-hydrogen) atoms. The number of methoxy groups -OCH3 is 1. The lowest BCUT2D eigenvalue weighted by molar-refractivity contribution is -0.137. The van der Waals surface area contributed by atoms with E-state index >= 15 is 0 Å². The van der Waals surface area contributed by atoms with Crippen LogP contribution in [0.25, 0.3) is 0 Å².